The predicted molar refractivity (Wildman–Crippen MR) is 77.5 cm³/mol. The van der Waals surface area contributed by atoms with Crippen molar-refractivity contribution in [1.82, 2.24) is 4.72 Å². The molecule has 1 aromatic rings. The van der Waals surface area contributed by atoms with Gasteiger partial charge in [0.05, 0.1) is 4.90 Å². The summed E-state index contributed by atoms with van der Waals surface area (Å²) in [6, 6.07) is 6.61. The Balaban J connectivity index is 2.25. The van der Waals surface area contributed by atoms with Crippen LogP contribution in [0.5, 0.6) is 0 Å². The average Bonchev–Trinajstić information content (AvgIpc) is 2.81. The monoisotopic (exact) mass is 293 g/mol. The molecule has 1 aromatic carbocycles. The Morgan fingerprint density at radius 3 is 2.75 bits per heavy atom. The van der Waals surface area contributed by atoms with Crippen molar-refractivity contribution in [3.8, 4) is 11.8 Å². The standard InChI is InChI=1S/C15H19NO3S/c1-12-8-9-14(11-12)16-20(18,19)15-7-3-2-5-13(15)6-4-10-17/h2-3,5,7,12,14,16-17H,8-11H2,1H3. The van der Waals surface area contributed by atoms with E-state index in [-0.39, 0.29) is 17.5 Å². The molecule has 1 saturated carbocycles. The number of sulfonamides is 1. The second-order valence-electron chi connectivity index (χ2n) is 5.19. The third kappa shape index (κ3) is 3.60. The summed E-state index contributed by atoms with van der Waals surface area (Å²) in [5.74, 6) is 5.74. The highest BCUT2D eigenvalue weighted by Gasteiger charge is 2.27. The summed E-state index contributed by atoms with van der Waals surface area (Å²) in [6.45, 7) is 1.84. The summed E-state index contributed by atoms with van der Waals surface area (Å²) < 4.78 is 27.6. The molecule has 0 aromatic heterocycles. The molecule has 1 aliphatic carbocycles. The van der Waals surface area contributed by atoms with Crippen LogP contribution in [0.1, 0.15) is 31.7 Å². The molecule has 20 heavy (non-hydrogen) atoms. The van der Waals surface area contributed by atoms with E-state index in [0.717, 1.165) is 19.3 Å². The van der Waals surface area contributed by atoms with E-state index in [1.165, 1.54) is 0 Å². The van der Waals surface area contributed by atoms with Gasteiger partial charge in [-0.15, -0.1) is 0 Å². The van der Waals surface area contributed by atoms with Crippen molar-refractivity contribution in [1.29, 1.82) is 0 Å². The smallest absolute Gasteiger partial charge is 0.242 e. The highest BCUT2D eigenvalue weighted by atomic mass is 32.2. The fourth-order valence-electron chi connectivity index (χ4n) is 2.54. The van der Waals surface area contributed by atoms with Gasteiger partial charge in [0.2, 0.25) is 10.0 Å². The third-order valence-corrected chi connectivity index (χ3v) is 5.07. The topological polar surface area (TPSA) is 66.4 Å². The van der Waals surface area contributed by atoms with Crippen molar-refractivity contribution in [2.75, 3.05) is 6.61 Å². The van der Waals surface area contributed by atoms with Crippen LogP contribution in [0.15, 0.2) is 29.2 Å². The van der Waals surface area contributed by atoms with Gasteiger partial charge in [-0.1, -0.05) is 30.9 Å². The van der Waals surface area contributed by atoms with Crippen molar-refractivity contribution in [3.05, 3.63) is 29.8 Å². The van der Waals surface area contributed by atoms with Crippen LogP contribution in [0.25, 0.3) is 0 Å². The quantitative estimate of drug-likeness (QED) is 0.830. The Morgan fingerprint density at radius 1 is 1.35 bits per heavy atom. The van der Waals surface area contributed by atoms with Crippen molar-refractivity contribution >= 4 is 10.0 Å². The van der Waals surface area contributed by atoms with Gasteiger partial charge in [-0.2, -0.15) is 0 Å². The lowest BCUT2D eigenvalue weighted by molar-refractivity contribution is 0.350. The van der Waals surface area contributed by atoms with Crippen molar-refractivity contribution in [2.24, 2.45) is 5.92 Å². The lowest BCUT2D eigenvalue weighted by atomic mass is 10.1. The molecule has 108 valence electrons. The molecule has 2 N–H and O–H groups in total. The maximum absolute atomic E-state index is 12.4. The van der Waals surface area contributed by atoms with Gasteiger partial charge in [0.15, 0.2) is 0 Å². The predicted octanol–water partition coefficient (Wildman–Crippen LogP) is 1.50. The van der Waals surface area contributed by atoms with Gasteiger partial charge in [0, 0.05) is 11.6 Å². The number of aliphatic hydroxyl groups excluding tert-OH is 1. The van der Waals surface area contributed by atoms with Crippen molar-refractivity contribution in [2.45, 2.75) is 37.1 Å². The summed E-state index contributed by atoms with van der Waals surface area (Å²) in [5, 5.41) is 8.74. The molecule has 0 spiro atoms. The molecule has 2 atom stereocenters. The SMILES string of the molecule is CC1CCC(NS(=O)(=O)c2ccccc2C#CCO)C1. The lowest BCUT2D eigenvalue weighted by Crippen LogP contribution is -2.33. The Labute approximate surface area is 120 Å². The fourth-order valence-corrected chi connectivity index (χ4v) is 3.98. The average molecular weight is 293 g/mol. The molecular weight excluding hydrogens is 274 g/mol. The van der Waals surface area contributed by atoms with E-state index < -0.39 is 10.0 Å². The molecular formula is C15H19NO3S. The van der Waals surface area contributed by atoms with E-state index >= 15 is 0 Å². The van der Waals surface area contributed by atoms with Crippen molar-refractivity contribution < 1.29 is 13.5 Å². The number of aliphatic hydroxyl groups is 1. The van der Waals surface area contributed by atoms with Gasteiger partial charge in [-0.25, -0.2) is 13.1 Å². The molecule has 0 aliphatic heterocycles. The van der Waals surface area contributed by atoms with Crippen LogP contribution in [0.3, 0.4) is 0 Å². The molecule has 0 saturated heterocycles. The van der Waals surface area contributed by atoms with Gasteiger partial charge in [0.1, 0.15) is 6.61 Å². The summed E-state index contributed by atoms with van der Waals surface area (Å²) in [4.78, 5) is 0.181. The highest BCUT2D eigenvalue weighted by molar-refractivity contribution is 7.89. The van der Waals surface area contributed by atoms with E-state index in [4.69, 9.17) is 5.11 Å². The molecule has 0 bridgehead atoms. The zero-order valence-electron chi connectivity index (χ0n) is 11.5. The van der Waals surface area contributed by atoms with E-state index in [1.54, 1.807) is 24.3 Å². The molecule has 2 rings (SSSR count). The molecule has 0 heterocycles. The van der Waals surface area contributed by atoms with Crippen LogP contribution in [-0.2, 0) is 10.0 Å². The largest absolute Gasteiger partial charge is 0.384 e. The van der Waals surface area contributed by atoms with E-state index in [1.807, 2.05) is 0 Å². The zero-order valence-corrected chi connectivity index (χ0v) is 12.3. The Kier molecular flexibility index (Phi) is 4.81. The minimum Gasteiger partial charge on any atom is -0.384 e. The minimum atomic E-state index is -3.56. The Bertz CT molecular complexity index is 628. The molecule has 4 nitrogen and oxygen atoms in total. The van der Waals surface area contributed by atoms with Crippen LogP contribution >= 0.6 is 0 Å². The van der Waals surface area contributed by atoms with E-state index in [2.05, 4.69) is 23.5 Å². The summed E-state index contributed by atoms with van der Waals surface area (Å²) in [6.07, 6.45) is 2.81. The number of nitrogens with one attached hydrogen (secondary N) is 1. The number of benzene rings is 1. The maximum Gasteiger partial charge on any atom is 0.242 e. The maximum atomic E-state index is 12.4. The first-order valence-electron chi connectivity index (χ1n) is 6.74. The highest BCUT2D eigenvalue weighted by Crippen LogP contribution is 2.26. The molecule has 0 amide bonds. The summed E-state index contributed by atoms with van der Waals surface area (Å²) in [5.41, 5.74) is 0.417. The number of rotatable bonds is 3. The first-order valence-corrected chi connectivity index (χ1v) is 8.22. The summed E-state index contributed by atoms with van der Waals surface area (Å²) >= 11 is 0. The normalized spacial score (nSPS) is 22.3. The van der Waals surface area contributed by atoms with Gasteiger partial charge in [-0.05, 0) is 37.3 Å². The van der Waals surface area contributed by atoms with E-state index in [9.17, 15) is 8.42 Å². The second kappa shape index (κ2) is 6.40. The minimum absolute atomic E-state index is 0.00820. The van der Waals surface area contributed by atoms with Crippen LogP contribution < -0.4 is 4.72 Å². The molecule has 1 fully saturated rings. The number of hydrogen-bond donors (Lipinski definition) is 2. The third-order valence-electron chi connectivity index (χ3n) is 3.50. The van der Waals surface area contributed by atoms with Crippen molar-refractivity contribution in [3.63, 3.8) is 0 Å². The second-order valence-corrected chi connectivity index (χ2v) is 6.87. The first kappa shape index (κ1) is 15.0. The fraction of sp³-hybridized carbons (Fsp3) is 0.467. The Morgan fingerprint density at radius 2 is 2.10 bits per heavy atom. The molecule has 1 aliphatic rings. The molecule has 0 radical (unpaired) electrons. The van der Waals surface area contributed by atoms with Gasteiger partial charge < -0.3 is 5.11 Å². The molecule has 2 unspecified atom stereocenters. The van der Waals surface area contributed by atoms with Gasteiger partial charge >= 0.3 is 0 Å². The lowest BCUT2D eigenvalue weighted by Gasteiger charge is -2.14. The Hall–Kier alpha value is -1.35. The van der Waals surface area contributed by atoms with Crippen LogP contribution in [0.2, 0.25) is 0 Å². The van der Waals surface area contributed by atoms with E-state index in [0.29, 0.717) is 11.5 Å². The first-order chi connectivity index (χ1) is 9.53. The van der Waals surface area contributed by atoms with Crippen LogP contribution in [0.4, 0.5) is 0 Å². The zero-order chi connectivity index (χ0) is 14.6. The number of hydrogen-bond acceptors (Lipinski definition) is 3. The van der Waals surface area contributed by atoms with Gasteiger partial charge in [-0.3, -0.25) is 0 Å². The van der Waals surface area contributed by atoms with Crippen LogP contribution in [-0.4, -0.2) is 26.2 Å². The van der Waals surface area contributed by atoms with Crippen LogP contribution in [0, 0.1) is 17.8 Å². The summed E-state index contributed by atoms with van der Waals surface area (Å²) in [7, 11) is -3.56. The van der Waals surface area contributed by atoms with Gasteiger partial charge in [0.25, 0.3) is 0 Å². The molecule has 5 heteroatoms.